The van der Waals surface area contributed by atoms with E-state index in [1.54, 1.807) is 0 Å². The molecule has 0 amide bonds. The molecule has 0 radical (unpaired) electrons. The Balaban J connectivity index is 3.29. The van der Waals surface area contributed by atoms with E-state index in [9.17, 15) is 13.2 Å². The Bertz CT molecular complexity index is 195. The summed E-state index contributed by atoms with van der Waals surface area (Å²) in [7, 11) is 0. The summed E-state index contributed by atoms with van der Waals surface area (Å²) in [5.74, 6) is 0.541. The first-order valence-corrected chi connectivity index (χ1v) is 6.69. The van der Waals surface area contributed by atoms with Crippen LogP contribution in [-0.4, -0.2) is 32.0 Å². The first kappa shape index (κ1) is 17.7. The highest BCUT2D eigenvalue weighted by Gasteiger charge is 2.26. The molecule has 0 aromatic carbocycles. The summed E-state index contributed by atoms with van der Waals surface area (Å²) in [5.41, 5.74) is 0. The van der Waals surface area contributed by atoms with E-state index < -0.39 is 12.6 Å². The van der Waals surface area contributed by atoms with E-state index in [0.29, 0.717) is 18.9 Å². The van der Waals surface area contributed by atoms with Gasteiger partial charge in [0, 0.05) is 25.7 Å². The predicted molar refractivity (Wildman–Crippen MR) is 67.6 cm³/mol. The number of ether oxygens (including phenoxy) is 1. The highest BCUT2D eigenvalue weighted by atomic mass is 19.4. The van der Waals surface area contributed by atoms with Crippen LogP contribution in [0.2, 0.25) is 0 Å². The van der Waals surface area contributed by atoms with Gasteiger partial charge in [0.2, 0.25) is 0 Å². The monoisotopic (exact) mass is 269 g/mol. The molecule has 18 heavy (non-hydrogen) atoms. The van der Waals surface area contributed by atoms with Crippen molar-refractivity contribution < 1.29 is 17.9 Å². The summed E-state index contributed by atoms with van der Waals surface area (Å²) in [6.07, 6.45) is -3.05. The number of nitrogens with one attached hydrogen (secondary N) is 1. The van der Waals surface area contributed by atoms with Crippen LogP contribution in [0, 0.1) is 5.92 Å². The van der Waals surface area contributed by atoms with Crippen LogP contribution in [-0.2, 0) is 4.74 Å². The topological polar surface area (TPSA) is 21.3 Å². The van der Waals surface area contributed by atoms with Crippen molar-refractivity contribution in [2.75, 3.05) is 19.8 Å². The molecule has 2 nitrogen and oxygen atoms in total. The molecule has 0 saturated carbocycles. The molecule has 1 N–H and O–H groups in total. The van der Waals surface area contributed by atoms with Crippen LogP contribution in [0.4, 0.5) is 13.2 Å². The minimum Gasteiger partial charge on any atom is -0.381 e. The van der Waals surface area contributed by atoms with Crippen LogP contribution < -0.4 is 5.32 Å². The fourth-order valence-corrected chi connectivity index (χ4v) is 1.55. The van der Waals surface area contributed by atoms with Crippen LogP contribution in [0.15, 0.2) is 0 Å². The van der Waals surface area contributed by atoms with Crippen molar-refractivity contribution in [1.82, 2.24) is 5.32 Å². The van der Waals surface area contributed by atoms with E-state index in [0.717, 1.165) is 19.6 Å². The van der Waals surface area contributed by atoms with E-state index >= 15 is 0 Å². The maximum Gasteiger partial charge on any atom is 0.389 e. The van der Waals surface area contributed by atoms with Crippen LogP contribution in [0.5, 0.6) is 0 Å². The van der Waals surface area contributed by atoms with Crippen molar-refractivity contribution in [2.45, 2.75) is 58.7 Å². The van der Waals surface area contributed by atoms with Gasteiger partial charge in [-0.3, -0.25) is 0 Å². The molecular weight excluding hydrogens is 243 g/mol. The molecule has 0 aromatic heterocycles. The lowest BCUT2D eigenvalue weighted by Gasteiger charge is -2.14. The Hall–Kier alpha value is -0.290. The number of hydrogen-bond donors (Lipinski definition) is 1. The molecule has 0 heterocycles. The van der Waals surface area contributed by atoms with Crippen molar-refractivity contribution in [1.29, 1.82) is 0 Å². The third kappa shape index (κ3) is 13.8. The molecule has 110 valence electrons. The molecule has 0 aromatic rings. The minimum absolute atomic E-state index is 0.137. The second kappa shape index (κ2) is 9.62. The molecule has 0 bridgehead atoms. The largest absolute Gasteiger partial charge is 0.389 e. The Labute approximate surface area is 108 Å². The molecule has 1 atom stereocenters. The fraction of sp³-hybridized carbons (Fsp3) is 1.00. The first-order chi connectivity index (χ1) is 8.31. The summed E-state index contributed by atoms with van der Waals surface area (Å²) >= 11 is 0. The van der Waals surface area contributed by atoms with E-state index in [1.807, 2.05) is 6.92 Å². The zero-order valence-electron chi connectivity index (χ0n) is 11.6. The molecule has 0 aliphatic rings. The Morgan fingerprint density at radius 2 is 1.78 bits per heavy atom. The first-order valence-electron chi connectivity index (χ1n) is 6.69. The Kier molecular flexibility index (Phi) is 9.46. The zero-order chi connectivity index (χ0) is 14.0. The Morgan fingerprint density at radius 3 is 2.33 bits per heavy atom. The van der Waals surface area contributed by atoms with Crippen LogP contribution in [0.25, 0.3) is 0 Å². The average Bonchev–Trinajstić information content (AvgIpc) is 2.20. The maximum absolute atomic E-state index is 11.9. The number of rotatable bonds is 10. The van der Waals surface area contributed by atoms with E-state index in [1.165, 1.54) is 0 Å². The van der Waals surface area contributed by atoms with Gasteiger partial charge in [0.15, 0.2) is 0 Å². The van der Waals surface area contributed by atoms with Crippen LogP contribution in [0.3, 0.4) is 0 Å². The molecule has 0 aliphatic heterocycles. The van der Waals surface area contributed by atoms with Gasteiger partial charge in [0.25, 0.3) is 0 Å². The van der Waals surface area contributed by atoms with Crippen LogP contribution in [0.1, 0.15) is 46.5 Å². The maximum atomic E-state index is 11.9. The molecule has 0 aliphatic carbocycles. The van der Waals surface area contributed by atoms with Gasteiger partial charge in [-0.05, 0) is 38.6 Å². The lowest BCUT2D eigenvalue weighted by molar-refractivity contribution is -0.135. The number of hydrogen-bond acceptors (Lipinski definition) is 2. The molecule has 0 saturated heterocycles. The molecule has 1 unspecified atom stereocenters. The van der Waals surface area contributed by atoms with Gasteiger partial charge in [0.1, 0.15) is 0 Å². The third-order valence-corrected chi connectivity index (χ3v) is 2.51. The summed E-state index contributed by atoms with van der Waals surface area (Å²) in [6, 6.07) is 0.137. The van der Waals surface area contributed by atoms with Gasteiger partial charge in [-0.2, -0.15) is 13.2 Å². The molecule has 0 spiro atoms. The average molecular weight is 269 g/mol. The van der Waals surface area contributed by atoms with Crippen molar-refractivity contribution in [3.05, 3.63) is 0 Å². The summed E-state index contributed by atoms with van der Waals surface area (Å²) in [6.45, 7) is 8.39. The van der Waals surface area contributed by atoms with Crippen molar-refractivity contribution in [3.8, 4) is 0 Å². The SMILES string of the molecule is CC(C)COCCCNC(C)CCCC(F)(F)F. The third-order valence-electron chi connectivity index (χ3n) is 2.51. The van der Waals surface area contributed by atoms with Crippen molar-refractivity contribution in [2.24, 2.45) is 5.92 Å². The second-order valence-corrected chi connectivity index (χ2v) is 5.18. The number of alkyl halides is 3. The van der Waals surface area contributed by atoms with E-state index in [2.05, 4.69) is 19.2 Å². The van der Waals surface area contributed by atoms with Gasteiger partial charge >= 0.3 is 6.18 Å². The Morgan fingerprint density at radius 1 is 1.11 bits per heavy atom. The lowest BCUT2D eigenvalue weighted by Crippen LogP contribution is -2.28. The fourth-order valence-electron chi connectivity index (χ4n) is 1.55. The standard InChI is InChI=1S/C13H26F3NO/c1-11(2)10-18-9-5-8-17-12(3)6-4-7-13(14,15)16/h11-12,17H,4-10H2,1-3H3. The number of halogens is 3. The van der Waals surface area contributed by atoms with Crippen molar-refractivity contribution in [3.63, 3.8) is 0 Å². The van der Waals surface area contributed by atoms with Crippen LogP contribution >= 0.6 is 0 Å². The highest BCUT2D eigenvalue weighted by molar-refractivity contribution is 4.62. The molecule has 0 rings (SSSR count). The molecule has 5 heteroatoms. The van der Waals surface area contributed by atoms with Gasteiger partial charge < -0.3 is 10.1 Å². The molecule has 0 fully saturated rings. The summed E-state index contributed by atoms with van der Waals surface area (Å²) in [5, 5.41) is 3.21. The minimum atomic E-state index is -4.02. The lowest BCUT2D eigenvalue weighted by atomic mass is 10.1. The normalized spacial score (nSPS) is 14.2. The summed E-state index contributed by atoms with van der Waals surface area (Å²) in [4.78, 5) is 0. The van der Waals surface area contributed by atoms with E-state index in [4.69, 9.17) is 4.74 Å². The smallest absolute Gasteiger partial charge is 0.381 e. The quantitative estimate of drug-likeness (QED) is 0.610. The highest BCUT2D eigenvalue weighted by Crippen LogP contribution is 2.22. The predicted octanol–water partition coefficient (Wildman–Crippen LogP) is 3.76. The second-order valence-electron chi connectivity index (χ2n) is 5.18. The van der Waals surface area contributed by atoms with E-state index in [-0.39, 0.29) is 12.5 Å². The van der Waals surface area contributed by atoms with Gasteiger partial charge in [-0.1, -0.05) is 13.8 Å². The van der Waals surface area contributed by atoms with Gasteiger partial charge in [-0.25, -0.2) is 0 Å². The summed E-state index contributed by atoms with van der Waals surface area (Å²) < 4.78 is 41.2. The van der Waals surface area contributed by atoms with Gasteiger partial charge in [0.05, 0.1) is 0 Å². The van der Waals surface area contributed by atoms with Crippen molar-refractivity contribution >= 4 is 0 Å². The molecular formula is C13H26F3NO. The zero-order valence-corrected chi connectivity index (χ0v) is 11.6. The van der Waals surface area contributed by atoms with Gasteiger partial charge in [-0.15, -0.1) is 0 Å².